The molecule has 0 amide bonds. The van der Waals surface area contributed by atoms with Crippen molar-refractivity contribution < 1.29 is 0 Å². The summed E-state index contributed by atoms with van der Waals surface area (Å²) in [5, 5.41) is 4.52. The Hall–Kier alpha value is -0.640. The van der Waals surface area contributed by atoms with Crippen molar-refractivity contribution in [2.45, 2.75) is 63.7 Å². The zero-order valence-electron chi connectivity index (χ0n) is 12.2. The summed E-state index contributed by atoms with van der Waals surface area (Å²) in [6.45, 7) is 4.34. The fourth-order valence-corrected chi connectivity index (χ4v) is 3.93. The molecule has 2 unspecified atom stereocenters. The van der Waals surface area contributed by atoms with Crippen molar-refractivity contribution in [3.63, 3.8) is 0 Å². The van der Waals surface area contributed by atoms with Crippen molar-refractivity contribution in [2.75, 3.05) is 6.54 Å². The number of piperidine rings is 1. The second kappa shape index (κ2) is 6.42. The van der Waals surface area contributed by atoms with Crippen LogP contribution in [0, 0.1) is 0 Å². The third-order valence-electron chi connectivity index (χ3n) is 4.62. The van der Waals surface area contributed by atoms with Crippen LogP contribution in [-0.2, 0) is 6.54 Å². The lowest BCUT2D eigenvalue weighted by Crippen LogP contribution is -2.48. The van der Waals surface area contributed by atoms with E-state index < -0.39 is 0 Å². The Kier molecular flexibility index (Phi) is 4.59. The van der Waals surface area contributed by atoms with Crippen LogP contribution in [0.1, 0.15) is 44.7 Å². The first kappa shape index (κ1) is 14.3. The highest BCUT2D eigenvalue weighted by Crippen LogP contribution is 2.30. The molecule has 0 saturated carbocycles. The molecule has 2 fully saturated rings. The number of rotatable bonds is 5. The third kappa shape index (κ3) is 3.33. The van der Waals surface area contributed by atoms with Crippen molar-refractivity contribution >= 4 is 11.6 Å². The molecule has 20 heavy (non-hydrogen) atoms. The van der Waals surface area contributed by atoms with Gasteiger partial charge in [0, 0.05) is 35.9 Å². The fourth-order valence-electron chi connectivity index (χ4n) is 3.75. The molecule has 3 heterocycles. The Morgan fingerprint density at radius 3 is 2.75 bits per heavy atom. The maximum atomic E-state index is 6.08. The number of hydrogen-bond donors (Lipinski definition) is 1. The van der Waals surface area contributed by atoms with E-state index in [0.717, 1.165) is 35.9 Å². The lowest BCUT2D eigenvalue weighted by Gasteiger charge is -2.37. The van der Waals surface area contributed by atoms with E-state index in [9.17, 15) is 0 Å². The van der Waals surface area contributed by atoms with E-state index in [1.807, 2.05) is 18.3 Å². The van der Waals surface area contributed by atoms with Gasteiger partial charge in [-0.15, -0.1) is 0 Å². The highest BCUT2D eigenvalue weighted by atomic mass is 35.5. The summed E-state index contributed by atoms with van der Waals surface area (Å²) in [5.74, 6) is 0. The van der Waals surface area contributed by atoms with Crippen molar-refractivity contribution in [1.82, 2.24) is 15.2 Å². The molecule has 1 aromatic rings. The van der Waals surface area contributed by atoms with Gasteiger partial charge in [0.15, 0.2) is 0 Å². The standard InChI is InChI=1S/C16H24ClN3/c1-2-7-20(11-15-8-12(17)5-6-18-15)16-9-13-3-4-14(10-16)19-13/h5-6,8,13-14,16,19H,2-4,7,9-11H2,1H3. The first-order valence-corrected chi connectivity index (χ1v) is 8.23. The van der Waals surface area contributed by atoms with Gasteiger partial charge in [-0.1, -0.05) is 18.5 Å². The van der Waals surface area contributed by atoms with Crippen LogP contribution in [0.15, 0.2) is 18.3 Å². The molecule has 4 heteroatoms. The highest BCUT2D eigenvalue weighted by Gasteiger charge is 2.35. The van der Waals surface area contributed by atoms with E-state index >= 15 is 0 Å². The van der Waals surface area contributed by atoms with Gasteiger partial charge in [-0.3, -0.25) is 9.88 Å². The van der Waals surface area contributed by atoms with Crippen LogP contribution >= 0.6 is 11.6 Å². The second-order valence-corrected chi connectivity index (χ2v) is 6.64. The van der Waals surface area contributed by atoms with Crippen molar-refractivity contribution in [1.29, 1.82) is 0 Å². The number of nitrogens with one attached hydrogen (secondary N) is 1. The van der Waals surface area contributed by atoms with E-state index in [1.165, 1.54) is 32.1 Å². The molecule has 3 nitrogen and oxygen atoms in total. The topological polar surface area (TPSA) is 28.2 Å². The van der Waals surface area contributed by atoms with Gasteiger partial charge in [0.1, 0.15) is 0 Å². The SMILES string of the molecule is CCCN(Cc1cc(Cl)ccn1)C1CC2CCC(C1)N2. The van der Waals surface area contributed by atoms with E-state index in [0.29, 0.717) is 6.04 Å². The van der Waals surface area contributed by atoms with Crippen LogP contribution in [0.25, 0.3) is 0 Å². The lowest BCUT2D eigenvalue weighted by atomic mass is 9.97. The van der Waals surface area contributed by atoms with Gasteiger partial charge in [0.2, 0.25) is 0 Å². The Labute approximate surface area is 126 Å². The third-order valence-corrected chi connectivity index (χ3v) is 4.85. The molecule has 0 aromatic carbocycles. The molecular weight excluding hydrogens is 270 g/mol. The van der Waals surface area contributed by atoms with Gasteiger partial charge >= 0.3 is 0 Å². The number of pyridine rings is 1. The van der Waals surface area contributed by atoms with Crippen molar-refractivity contribution in [3.8, 4) is 0 Å². The molecule has 0 radical (unpaired) electrons. The summed E-state index contributed by atoms with van der Waals surface area (Å²) >= 11 is 6.08. The van der Waals surface area contributed by atoms with Gasteiger partial charge in [-0.05, 0) is 50.8 Å². The summed E-state index contributed by atoms with van der Waals surface area (Å²) in [5.41, 5.74) is 1.09. The predicted molar refractivity (Wildman–Crippen MR) is 82.9 cm³/mol. The maximum absolute atomic E-state index is 6.08. The molecule has 0 aliphatic carbocycles. The minimum atomic E-state index is 0.703. The first-order chi connectivity index (χ1) is 9.74. The Balaban J connectivity index is 1.69. The van der Waals surface area contributed by atoms with Crippen LogP contribution in [-0.4, -0.2) is 34.6 Å². The molecule has 2 saturated heterocycles. The number of halogens is 1. The van der Waals surface area contributed by atoms with Crippen LogP contribution in [0.5, 0.6) is 0 Å². The van der Waals surface area contributed by atoms with E-state index in [2.05, 4.69) is 22.1 Å². The molecule has 1 aromatic heterocycles. The second-order valence-electron chi connectivity index (χ2n) is 6.20. The monoisotopic (exact) mass is 293 g/mol. The Morgan fingerprint density at radius 1 is 1.35 bits per heavy atom. The van der Waals surface area contributed by atoms with E-state index in [1.54, 1.807) is 0 Å². The average molecular weight is 294 g/mol. The van der Waals surface area contributed by atoms with Gasteiger partial charge in [-0.2, -0.15) is 0 Å². The molecule has 1 N–H and O–H groups in total. The number of fused-ring (bicyclic) bond motifs is 2. The normalized spacial score (nSPS) is 29.1. The lowest BCUT2D eigenvalue weighted by molar-refractivity contribution is 0.132. The number of nitrogens with zero attached hydrogens (tertiary/aromatic N) is 2. The highest BCUT2D eigenvalue weighted by molar-refractivity contribution is 6.30. The Bertz CT molecular complexity index is 439. The Morgan fingerprint density at radius 2 is 2.10 bits per heavy atom. The molecule has 2 bridgehead atoms. The molecule has 2 aliphatic heterocycles. The van der Waals surface area contributed by atoms with Crippen LogP contribution in [0.3, 0.4) is 0 Å². The van der Waals surface area contributed by atoms with Gasteiger partial charge < -0.3 is 5.32 Å². The summed E-state index contributed by atoms with van der Waals surface area (Å²) in [6, 6.07) is 6.03. The average Bonchev–Trinajstić information content (AvgIpc) is 2.77. The summed E-state index contributed by atoms with van der Waals surface area (Å²) in [7, 11) is 0. The molecule has 2 atom stereocenters. The maximum Gasteiger partial charge on any atom is 0.0558 e. The smallest absolute Gasteiger partial charge is 0.0558 e. The molecule has 0 spiro atoms. The number of hydrogen-bond acceptors (Lipinski definition) is 3. The number of aromatic nitrogens is 1. The molecule has 2 aliphatic rings. The van der Waals surface area contributed by atoms with Crippen LogP contribution in [0.2, 0.25) is 5.02 Å². The van der Waals surface area contributed by atoms with Gasteiger partial charge in [0.25, 0.3) is 0 Å². The molecular formula is C16H24ClN3. The fraction of sp³-hybridized carbons (Fsp3) is 0.688. The van der Waals surface area contributed by atoms with E-state index in [4.69, 9.17) is 11.6 Å². The largest absolute Gasteiger partial charge is 0.311 e. The minimum Gasteiger partial charge on any atom is -0.311 e. The van der Waals surface area contributed by atoms with Crippen molar-refractivity contribution in [3.05, 3.63) is 29.0 Å². The van der Waals surface area contributed by atoms with Crippen LogP contribution in [0.4, 0.5) is 0 Å². The first-order valence-electron chi connectivity index (χ1n) is 7.85. The molecule has 3 rings (SSSR count). The van der Waals surface area contributed by atoms with Gasteiger partial charge in [-0.25, -0.2) is 0 Å². The summed E-state index contributed by atoms with van der Waals surface area (Å²) < 4.78 is 0. The summed E-state index contributed by atoms with van der Waals surface area (Å²) in [6.07, 6.45) is 8.30. The van der Waals surface area contributed by atoms with Gasteiger partial charge in [0.05, 0.1) is 5.69 Å². The zero-order chi connectivity index (χ0) is 13.9. The minimum absolute atomic E-state index is 0.703. The zero-order valence-corrected chi connectivity index (χ0v) is 12.9. The van der Waals surface area contributed by atoms with E-state index in [-0.39, 0.29) is 0 Å². The quantitative estimate of drug-likeness (QED) is 0.903. The van der Waals surface area contributed by atoms with Crippen LogP contribution < -0.4 is 5.32 Å². The molecule has 110 valence electrons. The summed E-state index contributed by atoms with van der Waals surface area (Å²) in [4.78, 5) is 7.08. The predicted octanol–water partition coefficient (Wildman–Crippen LogP) is 3.23. The van der Waals surface area contributed by atoms with Crippen molar-refractivity contribution in [2.24, 2.45) is 0 Å².